The Kier molecular flexibility index (Phi) is 6.30. The van der Waals surface area contributed by atoms with E-state index in [-0.39, 0.29) is 11.4 Å². The zero-order chi connectivity index (χ0) is 16.5. The fourth-order valence-electron chi connectivity index (χ4n) is 1.41. The van der Waals surface area contributed by atoms with E-state index in [1.54, 1.807) is 24.3 Å². The molecular formula is C14H14N2O6. The van der Waals surface area contributed by atoms with Gasteiger partial charge in [-0.05, 0) is 24.3 Å². The van der Waals surface area contributed by atoms with Crippen LogP contribution in [0.25, 0.3) is 0 Å². The first kappa shape index (κ1) is 16.9. The summed E-state index contributed by atoms with van der Waals surface area (Å²) in [5.41, 5.74) is 0.150. The number of hydrogen-bond acceptors (Lipinski definition) is 6. The highest BCUT2D eigenvalue weighted by molar-refractivity contribution is 5.36. The summed E-state index contributed by atoms with van der Waals surface area (Å²) in [5, 5.41) is 20.3. The lowest BCUT2D eigenvalue weighted by Crippen LogP contribution is -1.87. The van der Waals surface area contributed by atoms with Crippen LogP contribution in [0, 0.1) is 20.2 Å². The van der Waals surface area contributed by atoms with Crippen LogP contribution in [0.5, 0.6) is 11.5 Å². The monoisotopic (exact) mass is 306 g/mol. The molecule has 0 fully saturated rings. The summed E-state index contributed by atoms with van der Waals surface area (Å²) in [6, 6.07) is 11.8. The van der Waals surface area contributed by atoms with Gasteiger partial charge in [0.05, 0.1) is 24.1 Å². The molecule has 8 nitrogen and oxygen atoms in total. The van der Waals surface area contributed by atoms with E-state index in [0.717, 1.165) is 0 Å². The van der Waals surface area contributed by atoms with Crippen LogP contribution in [0.2, 0.25) is 0 Å². The zero-order valence-electron chi connectivity index (χ0n) is 12.0. The van der Waals surface area contributed by atoms with E-state index in [0.29, 0.717) is 11.5 Å². The Bertz CT molecular complexity index is 567. The highest BCUT2D eigenvalue weighted by atomic mass is 16.6. The van der Waals surface area contributed by atoms with Gasteiger partial charge >= 0.3 is 0 Å². The topological polar surface area (TPSA) is 105 Å². The van der Waals surface area contributed by atoms with Crippen molar-refractivity contribution in [2.75, 3.05) is 14.2 Å². The highest BCUT2D eigenvalue weighted by Gasteiger charge is 2.03. The highest BCUT2D eigenvalue weighted by Crippen LogP contribution is 2.17. The standard InChI is InChI=1S/2C7H7NO3/c2*1-11-7-4-2-6(3-5-7)8(9)10/h2*2-5H,1H3. The van der Waals surface area contributed by atoms with E-state index in [2.05, 4.69) is 0 Å². The van der Waals surface area contributed by atoms with Crippen LogP contribution in [0.1, 0.15) is 0 Å². The minimum absolute atomic E-state index is 0.0748. The average molecular weight is 306 g/mol. The summed E-state index contributed by atoms with van der Waals surface area (Å²) in [7, 11) is 3.03. The molecule has 0 aliphatic heterocycles. The van der Waals surface area contributed by atoms with Crippen LogP contribution in [-0.4, -0.2) is 24.1 Å². The third kappa shape index (κ3) is 5.08. The number of nitrogens with zero attached hydrogens (tertiary/aromatic N) is 2. The number of nitro groups is 2. The zero-order valence-corrected chi connectivity index (χ0v) is 12.0. The van der Waals surface area contributed by atoms with E-state index < -0.39 is 9.85 Å². The summed E-state index contributed by atoms with van der Waals surface area (Å²) >= 11 is 0. The molecule has 2 aromatic carbocycles. The molecule has 0 amide bonds. The van der Waals surface area contributed by atoms with Crippen molar-refractivity contribution in [1.82, 2.24) is 0 Å². The van der Waals surface area contributed by atoms with Crippen molar-refractivity contribution in [2.24, 2.45) is 0 Å². The van der Waals surface area contributed by atoms with Crippen LogP contribution < -0.4 is 9.47 Å². The molecule has 0 heterocycles. The molecule has 0 unspecified atom stereocenters. The van der Waals surface area contributed by atoms with Crippen LogP contribution in [0.4, 0.5) is 11.4 Å². The van der Waals surface area contributed by atoms with E-state index in [9.17, 15) is 20.2 Å². The first-order valence-corrected chi connectivity index (χ1v) is 6.04. The molecule has 0 radical (unpaired) electrons. The molecule has 0 aromatic heterocycles. The number of hydrogen-bond donors (Lipinski definition) is 0. The van der Waals surface area contributed by atoms with Gasteiger partial charge in [0.15, 0.2) is 0 Å². The van der Waals surface area contributed by atoms with Crippen molar-refractivity contribution in [3.05, 3.63) is 68.8 Å². The van der Waals surface area contributed by atoms with Crippen LogP contribution in [0.3, 0.4) is 0 Å². The largest absolute Gasteiger partial charge is 0.497 e. The second-order valence-corrected chi connectivity index (χ2v) is 3.91. The molecule has 22 heavy (non-hydrogen) atoms. The van der Waals surface area contributed by atoms with Gasteiger partial charge < -0.3 is 9.47 Å². The van der Waals surface area contributed by atoms with Gasteiger partial charge in [-0.15, -0.1) is 0 Å². The molecule has 0 spiro atoms. The summed E-state index contributed by atoms with van der Waals surface area (Å²) < 4.78 is 9.65. The molecule has 0 bridgehead atoms. The molecule has 0 N–H and O–H groups in total. The second-order valence-electron chi connectivity index (χ2n) is 3.91. The minimum atomic E-state index is -0.445. The number of methoxy groups -OCH3 is 2. The number of rotatable bonds is 4. The van der Waals surface area contributed by atoms with Crippen molar-refractivity contribution < 1.29 is 19.3 Å². The molecule has 2 rings (SSSR count). The summed E-state index contributed by atoms with van der Waals surface area (Å²) in [6.45, 7) is 0. The van der Waals surface area contributed by atoms with Crippen molar-refractivity contribution in [1.29, 1.82) is 0 Å². The molecule has 0 saturated heterocycles. The first-order chi connectivity index (χ1) is 10.5. The van der Waals surface area contributed by atoms with Gasteiger partial charge in [0.2, 0.25) is 0 Å². The Morgan fingerprint density at radius 3 is 1.14 bits per heavy atom. The normalized spacial score (nSPS) is 9.18. The Morgan fingerprint density at radius 2 is 0.955 bits per heavy atom. The van der Waals surface area contributed by atoms with E-state index in [4.69, 9.17) is 9.47 Å². The number of benzene rings is 2. The maximum atomic E-state index is 10.2. The molecule has 0 aliphatic rings. The quantitative estimate of drug-likeness (QED) is 0.634. The van der Waals surface area contributed by atoms with Crippen LogP contribution in [-0.2, 0) is 0 Å². The van der Waals surface area contributed by atoms with E-state index >= 15 is 0 Å². The van der Waals surface area contributed by atoms with Crippen molar-refractivity contribution in [3.8, 4) is 11.5 Å². The van der Waals surface area contributed by atoms with Crippen LogP contribution in [0.15, 0.2) is 48.5 Å². The fourth-order valence-corrected chi connectivity index (χ4v) is 1.41. The predicted octanol–water partition coefficient (Wildman–Crippen LogP) is 3.21. The Morgan fingerprint density at radius 1 is 0.682 bits per heavy atom. The Labute approximate surface area is 126 Å². The Balaban J connectivity index is 0.000000220. The minimum Gasteiger partial charge on any atom is -0.497 e. The van der Waals surface area contributed by atoms with Gasteiger partial charge in [0, 0.05) is 24.3 Å². The third-order valence-corrected chi connectivity index (χ3v) is 2.57. The van der Waals surface area contributed by atoms with Gasteiger partial charge in [-0.3, -0.25) is 20.2 Å². The number of nitro benzene ring substituents is 2. The van der Waals surface area contributed by atoms with E-state index in [1.807, 2.05) is 0 Å². The van der Waals surface area contributed by atoms with Crippen molar-refractivity contribution in [3.63, 3.8) is 0 Å². The summed E-state index contributed by atoms with van der Waals surface area (Å²) in [5.74, 6) is 1.24. The smallest absolute Gasteiger partial charge is 0.269 e. The average Bonchev–Trinajstić information content (AvgIpc) is 2.55. The summed E-state index contributed by atoms with van der Waals surface area (Å²) in [4.78, 5) is 19.4. The van der Waals surface area contributed by atoms with Crippen LogP contribution >= 0.6 is 0 Å². The molecular weight excluding hydrogens is 292 g/mol. The summed E-state index contributed by atoms with van der Waals surface area (Å²) in [6.07, 6.45) is 0. The predicted molar refractivity (Wildman–Crippen MR) is 79.3 cm³/mol. The number of non-ortho nitro benzene ring substituents is 2. The lowest BCUT2D eigenvalue weighted by molar-refractivity contribution is -0.385. The van der Waals surface area contributed by atoms with Gasteiger partial charge in [0.1, 0.15) is 11.5 Å². The van der Waals surface area contributed by atoms with Gasteiger partial charge in [-0.25, -0.2) is 0 Å². The van der Waals surface area contributed by atoms with Gasteiger partial charge in [-0.1, -0.05) is 0 Å². The fraction of sp³-hybridized carbons (Fsp3) is 0.143. The molecule has 2 aromatic rings. The molecule has 0 atom stereocenters. The van der Waals surface area contributed by atoms with Crippen molar-refractivity contribution in [2.45, 2.75) is 0 Å². The molecule has 8 heteroatoms. The van der Waals surface area contributed by atoms with E-state index in [1.165, 1.54) is 38.5 Å². The second kappa shape index (κ2) is 8.20. The van der Waals surface area contributed by atoms with Gasteiger partial charge in [0.25, 0.3) is 11.4 Å². The maximum absolute atomic E-state index is 10.2. The molecule has 0 saturated carbocycles. The molecule has 116 valence electrons. The van der Waals surface area contributed by atoms with Gasteiger partial charge in [-0.2, -0.15) is 0 Å². The molecule has 0 aliphatic carbocycles. The number of ether oxygens (including phenoxy) is 2. The maximum Gasteiger partial charge on any atom is 0.269 e. The SMILES string of the molecule is COc1ccc([N+](=O)[O-])cc1.COc1ccc([N+](=O)[O-])cc1. The first-order valence-electron chi connectivity index (χ1n) is 6.04. The third-order valence-electron chi connectivity index (χ3n) is 2.57. The Hall–Kier alpha value is -3.16. The lowest BCUT2D eigenvalue weighted by Gasteiger charge is -1.96. The lowest BCUT2D eigenvalue weighted by atomic mass is 10.3. The van der Waals surface area contributed by atoms with Crippen molar-refractivity contribution >= 4 is 11.4 Å².